The highest BCUT2D eigenvalue weighted by Crippen LogP contribution is 2.23. The van der Waals surface area contributed by atoms with Gasteiger partial charge in [0.1, 0.15) is 0 Å². The minimum Gasteiger partial charge on any atom is -0.313 e. The average Bonchev–Trinajstić information content (AvgIpc) is 2.10. The zero-order chi connectivity index (χ0) is 11.5. The zero-order valence-corrected chi connectivity index (χ0v) is 10.4. The monoisotopic (exact) mass is 209 g/mol. The molecule has 0 saturated carbocycles. The van der Waals surface area contributed by atoms with Gasteiger partial charge < -0.3 is 5.32 Å². The van der Waals surface area contributed by atoms with Crippen LogP contribution in [0.15, 0.2) is 0 Å². The lowest BCUT2D eigenvalue weighted by molar-refractivity contribution is 0.0285. The van der Waals surface area contributed by atoms with Gasteiger partial charge in [0.2, 0.25) is 0 Å². The van der Waals surface area contributed by atoms with E-state index in [1.165, 1.54) is 0 Å². The van der Waals surface area contributed by atoms with E-state index in [1.807, 2.05) is 0 Å². The average molecular weight is 209 g/mol. The normalized spacial score (nSPS) is 26.5. The Morgan fingerprint density at radius 3 is 2.73 bits per heavy atom. The minimum atomic E-state index is 0.171. The van der Waals surface area contributed by atoms with Gasteiger partial charge >= 0.3 is 0 Å². The molecule has 0 aromatic carbocycles. The van der Waals surface area contributed by atoms with Crippen LogP contribution in [-0.2, 0) is 0 Å². The number of hydrogen-bond donors (Lipinski definition) is 1. The molecule has 0 radical (unpaired) electrons. The Morgan fingerprint density at radius 1 is 1.53 bits per heavy atom. The molecule has 1 rings (SSSR count). The lowest BCUT2D eigenvalue weighted by atomic mass is 9.93. The summed E-state index contributed by atoms with van der Waals surface area (Å²) in [7, 11) is 0. The van der Waals surface area contributed by atoms with Gasteiger partial charge in [0, 0.05) is 31.2 Å². The van der Waals surface area contributed by atoms with Crippen LogP contribution in [0.3, 0.4) is 0 Å². The van der Waals surface area contributed by atoms with Crippen LogP contribution in [0.4, 0.5) is 0 Å². The fourth-order valence-electron chi connectivity index (χ4n) is 2.33. The topological polar surface area (TPSA) is 39.1 Å². The number of rotatable bonds is 3. The van der Waals surface area contributed by atoms with E-state index in [1.54, 1.807) is 0 Å². The molecule has 3 nitrogen and oxygen atoms in total. The fraction of sp³-hybridized carbons (Fsp3) is 0.917. The zero-order valence-electron chi connectivity index (χ0n) is 10.4. The summed E-state index contributed by atoms with van der Waals surface area (Å²) in [4.78, 5) is 2.50. The first kappa shape index (κ1) is 12.5. The third-order valence-electron chi connectivity index (χ3n) is 3.04. The number of nitrogens with zero attached hydrogens (tertiary/aromatic N) is 2. The molecule has 1 unspecified atom stereocenters. The van der Waals surface area contributed by atoms with Gasteiger partial charge in [0.15, 0.2) is 0 Å². The molecule has 1 atom stereocenters. The Hall–Kier alpha value is -0.590. The third-order valence-corrected chi connectivity index (χ3v) is 3.04. The standard InChI is InChI=1S/C12H23N3/c1-10(2)8-15-11(5-6-13)7-14-9-12(15,3)4/h10-11,14H,5,7-9H2,1-4H3. The van der Waals surface area contributed by atoms with Crippen molar-refractivity contribution in [2.45, 2.75) is 45.7 Å². The second kappa shape index (κ2) is 4.96. The van der Waals surface area contributed by atoms with Crippen molar-refractivity contribution in [1.82, 2.24) is 10.2 Å². The van der Waals surface area contributed by atoms with Crippen LogP contribution < -0.4 is 5.32 Å². The van der Waals surface area contributed by atoms with E-state index in [0.717, 1.165) is 19.6 Å². The summed E-state index contributed by atoms with van der Waals surface area (Å²) in [6, 6.07) is 2.67. The maximum atomic E-state index is 8.84. The van der Waals surface area contributed by atoms with Gasteiger partial charge in [-0.2, -0.15) is 5.26 Å². The van der Waals surface area contributed by atoms with Gasteiger partial charge in [-0.15, -0.1) is 0 Å². The maximum Gasteiger partial charge on any atom is 0.0638 e. The molecule has 1 N–H and O–H groups in total. The van der Waals surface area contributed by atoms with E-state index in [0.29, 0.717) is 18.4 Å². The largest absolute Gasteiger partial charge is 0.313 e. The van der Waals surface area contributed by atoms with Crippen molar-refractivity contribution in [1.29, 1.82) is 5.26 Å². The molecule has 0 aromatic rings. The first-order valence-electron chi connectivity index (χ1n) is 5.82. The molecular formula is C12H23N3. The molecule has 15 heavy (non-hydrogen) atoms. The Morgan fingerprint density at radius 2 is 2.20 bits per heavy atom. The van der Waals surface area contributed by atoms with Crippen molar-refractivity contribution in [2.75, 3.05) is 19.6 Å². The van der Waals surface area contributed by atoms with Crippen molar-refractivity contribution in [3.05, 3.63) is 0 Å². The molecule has 0 amide bonds. The lowest BCUT2D eigenvalue weighted by Crippen LogP contribution is -2.63. The van der Waals surface area contributed by atoms with Crippen LogP contribution in [0.1, 0.15) is 34.1 Å². The molecular weight excluding hydrogens is 186 g/mol. The summed E-state index contributed by atoms with van der Waals surface area (Å²) in [5, 5.41) is 12.3. The number of nitrogens with one attached hydrogen (secondary N) is 1. The summed E-state index contributed by atoms with van der Waals surface area (Å²) in [6.07, 6.45) is 0.628. The maximum absolute atomic E-state index is 8.84. The Balaban J connectivity index is 2.73. The molecule has 1 fully saturated rings. The van der Waals surface area contributed by atoms with Crippen molar-refractivity contribution < 1.29 is 0 Å². The van der Waals surface area contributed by atoms with Gasteiger partial charge in [-0.3, -0.25) is 4.90 Å². The third kappa shape index (κ3) is 3.19. The van der Waals surface area contributed by atoms with Gasteiger partial charge in [0.05, 0.1) is 12.5 Å². The van der Waals surface area contributed by atoms with Crippen LogP contribution in [0.25, 0.3) is 0 Å². The molecule has 1 heterocycles. The summed E-state index contributed by atoms with van der Waals surface area (Å²) in [5.74, 6) is 0.656. The summed E-state index contributed by atoms with van der Waals surface area (Å²) >= 11 is 0. The van der Waals surface area contributed by atoms with E-state index < -0.39 is 0 Å². The van der Waals surface area contributed by atoms with Crippen LogP contribution >= 0.6 is 0 Å². The van der Waals surface area contributed by atoms with Crippen LogP contribution in [0.5, 0.6) is 0 Å². The van der Waals surface area contributed by atoms with Gasteiger partial charge in [-0.1, -0.05) is 13.8 Å². The van der Waals surface area contributed by atoms with Crippen LogP contribution in [0.2, 0.25) is 0 Å². The molecule has 0 bridgehead atoms. The number of piperazine rings is 1. The van der Waals surface area contributed by atoms with Crippen LogP contribution in [-0.4, -0.2) is 36.1 Å². The molecule has 1 saturated heterocycles. The Kier molecular flexibility index (Phi) is 4.12. The Labute approximate surface area is 93.5 Å². The Bertz CT molecular complexity index is 240. The van der Waals surface area contributed by atoms with Crippen molar-refractivity contribution in [3.63, 3.8) is 0 Å². The number of hydrogen-bond acceptors (Lipinski definition) is 3. The predicted octanol–water partition coefficient (Wildman–Crippen LogP) is 1.61. The van der Waals surface area contributed by atoms with Crippen molar-refractivity contribution >= 4 is 0 Å². The fourth-order valence-corrected chi connectivity index (χ4v) is 2.33. The molecule has 3 heteroatoms. The summed E-state index contributed by atoms with van der Waals surface area (Å²) in [6.45, 7) is 12.0. The van der Waals surface area contributed by atoms with Crippen LogP contribution in [0, 0.1) is 17.2 Å². The quantitative estimate of drug-likeness (QED) is 0.767. The van der Waals surface area contributed by atoms with Crippen molar-refractivity contribution in [2.24, 2.45) is 5.92 Å². The van der Waals surface area contributed by atoms with Gasteiger partial charge in [-0.25, -0.2) is 0 Å². The highest BCUT2D eigenvalue weighted by Gasteiger charge is 2.35. The first-order valence-corrected chi connectivity index (χ1v) is 5.82. The molecule has 0 spiro atoms. The molecule has 0 aromatic heterocycles. The number of nitriles is 1. The van der Waals surface area contributed by atoms with E-state index in [2.05, 4.69) is 44.0 Å². The second-order valence-electron chi connectivity index (χ2n) is 5.51. The summed E-state index contributed by atoms with van der Waals surface area (Å²) in [5.41, 5.74) is 0.171. The highest BCUT2D eigenvalue weighted by atomic mass is 15.3. The molecule has 1 aliphatic heterocycles. The molecule has 0 aliphatic carbocycles. The van der Waals surface area contributed by atoms with Gasteiger partial charge in [-0.05, 0) is 19.8 Å². The van der Waals surface area contributed by atoms with E-state index in [-0.39, 0.29) is 5.54 Å². The minimum absolute atomic E-state index is 0.171. The lowest BCUT2D eigenvalue weighted by Gasteiger charge is -2.48. The van der Waals surface area contributed by atoms with E-state index >= 15 is 0 Å². The highest BCUT2D eigenvalue weighted by molar-refractivity contribution is 4.97. The van der Waals surface area contributed by atoms with E-state index in [9.17, 15) is 0 Å². The molecule has 86 valence electrons. The molecule has 1 aliphatic rings. The van der Waals surface area contributed by atoms with Crippen molar-refractivity contribution in [3.8, 4) is 6.07 Å². The van der Waals surface area contributed by atoms with Gasteiger partial charge in [0.25, 0.3) is 0 Å². The smallest absolute Gasteiger partial charge is 0.0638 e. The van der Waals surface area contributed by atoms with E-state index in [4.69, 9.17) is 5.26 Å². The SMILES string of the molecule is CC(C)CN1C(CC#N)CNCC1(C)C. The second-order valence-corrected chi connectivity index (χ2v) is 5.51. The predicted molar refractivity (Wildman–Crippen MR) is 62.5 cm³/mol. The summed E-state index contributed by atoms with van der Waals surface area (Å²) < 4.78 is 0. The first-order chi connectivity index (χ1) is 6.97.